The first-order chi connectivity index (χ1) is 9.33. The average Bonchev–Trinajstić information content (AvgIpc) is 2.46. The van der Waals surface area contributed by atoms with Gasteiger partial charge in [-0.2, -0.15) is 0 Å². The third-order valence-electron chi connectivity index (χ3n) is 2.93. The van der Waals surface area contributed by atoms with E-state index in [4.69, 9.17) is 4.74 Å². The zero-order valence-corrected chi connectivity index (χ0v) is 10.3. The Morgan fingerprint density at radius 1 is 1.26 bits per heavy atom. The largest absolute Gasteiger partial charge is 0.471 e. The van der Waals surface area contributed by atoms with E-state index in [-0.39, 0.29) is 5.91 Å². The summed E-state index contributed by atoms with van der Waals surface area (Å²) in [4.78, 5) is 20.1. The number of hydrogen-bond acceptors (Lipinski definition) is 4. The Balaban J connectivity index is 1.74. The second-order valence-electron chi connectivity index (χ2n) is 4.26. The molecule has 0 saturated heterocycles. The quantitative estimate of drug-likeness (QED) is 0.899. The second kappa shape index (κ2) is 5.06. The molecule has 0 spiro atoms. The first-order valence-electron chi connectivity index (χ1n) is 6.14. The highest BCUT2D eigenvalue weighted by molar-refractivity contribution is 5.96. The van der Waals surface area contributed by atoms with Gasteiger partial charge in [0.2, 0.25) is 5.88 Å². The zero-order valence-electron chi connectivity index (χ0n) is 10.3. The molecule has 96 valence electrons. The molecular weight excluding hydrogens is 242 g/mol. The third kappa shape index (κ3) is 2.54. The Kier molecular flexibility index (Phi) is 3.10. The molecule has 0 fully saturated rings. The monoisotopic (exact) mass is 255 g/mol. The maximum absolute atomic E-state index is 11.6. The molecule has 3 heterocycles. The number of nitrogens with zero attached hydrogens (tertiary/aromatic N) is 2. The maximum atomic E-state index is 11.6. The number of aromatic nitrogens is 2. The van der Waals surface area contributed by atoms with Crippen LogP contribution in [0.4, 0.5) is 0 Å². The second-order valence-corrected chi connectivity index (χ2v) is 4.26. The first-order valence-corrected chi connectivity index (χ1v) is 6.14. The van der Waals surface area contributed by atoms with Crippen LogP contribution in [0.2, 0.25) is 0 Å². The highest BCUT2D eigenvalue weighted by atomic mass is 16.5. The highest BCUT2D eigenvalue weighted by Crippen LogP contribution is 2.17. The Hall–Kier alpha value is -2.43. The van der Waals surface area contributed by atoms with Gasteiger partial charge >= 0.3 is 0 Å². The van der Waals surface area contributed by atoms with E-state index < -0.39 is 0 Å². The summed E-state index contributed by atoms with van der Waals surface area (Å²) in [7, 11) is 0. The van der Waals surface area contributed by atoms with E-state index in [1.165, 1.54) is 0 Å². The smallest absolute Gasteiger partial charge is 0.253 e. The van der Waals surface area contributed by atoms with Crippen molar-refractivity contribution in [3.8, 4) is 5.88 Å². The summed E-state index contributed by atoms with van der Waals surface area (Å²) < 4.78 is 5.59. The molecule has 1 amide bonds. The van der Waals surface area contributed by atoms with Crippen LogP contribution in [0.1, 0.15) is 21.7 Å². The maximum Gasteiger partial charge on any atom is 0.253 e. The first kappa shape index (κ1) is 11.6. The van der Waals surface area contributed by atoms with Gasteiger partial charge in [-0.3, -0.25) is 9.78 Å². The van der Waals surface area contributed by atoms with E-state index >= 15 is 0 Å². The minimum atomic E-state index is -0.0648. The van der Waals surface area contributed by atoms with Crippen LogP contribution in [-0.4, -0.2) is 22.4 Å². The summed E-state index contributed by atoms with van der Waals surface area (Å²) in [5.41, 5.74) is 2.28. The van der Waals surface area contributed by atoms with Gasteiger partial charge in [0.25, 0.3) is 5.91 Å². The number of nitrogens with one attached hydrogen (secondary N) is 1. The molecule has 2 aromatic rings. The van der Waals surface area contributed by atoms with E-state index in [9.17, 15) is 4.79 Å². The van der Waals surface area contributed by atoms with Crippen LogP contribution in [0.3, 0.4) is 0 Å². The molecule has 0 aromatic carbocycles. The highest BCUT2D eigenvalue weighted by Gasteiger charge is 2.18. The van der Waals surface area contributed by atoms with E-state index in [1.54, 1.807) is 18.3 Å². The molecule has 1 N–H and O–H groups in total. The van der Waals surface area contributed by atoms with Crippen LogP contribution in [0, 0.1) is 0 Å². The molecule has 3 rings (SSSR count). The fourth-order valence-corrected chi connectivity index (χ4v) is 1.98. The Morgan fingerprint density at radius 2 is 2.21 bits per heavy atom. The molecule has 0 unspecified atom stereocenters. The summed E-state index contributed by atoms with van der Waals surface area (Å²) in [6, 6.07) is 9.14. The fraction of sp³-hybridized carbons (Fsp3) is 0.214. The van der Waals surface area contributed by atoms with Crippen LogP contribution in [0.5, 0.6) is 5.88 Å². The summed E-state index contributed by atoms with van der Waals surface area (Å²) in [6.45, 7) is 1.00. The van der Waals surface area contributed by atoms with Crippen molar-refractivity contribution in [3.05, 3.63) is 53.5 Å². The number of ether oxygens (including phenoxy) is 1. The van der Waals surface area contributed by atoms with Gasteiger partial charge in [0.15, 0.2) is 0 Å². The summed E-state index contributed by atoms with van der Waals surface area (Å²) in [6.07, 6.45) is 2.46. The molecule has 0 bridgehead atoms. The van der Waals surface area contributed by atoms with Gasteiger partial charge in [0, 0.05) is 25.2 Å². The van der Waals surface area contributed by atoms with Gasteiger partial charge in [-0.25, -0.2) is 4.98 Å². The molecule has 2 aromatic heterocycles. The Bertz CT molecular complexity index is 599. The van der Waals surface area contributed by atoms with Crippen molar-refractivity contribution in [1.29, 1.82) is 0 Å². The number of fused-ring (bicyclic) bond motifs is 1. The minimum absolute atomic E-state index is 0.0648. The van der Waals surface area contributed by atoms with E-state index in [1.807, 2.05) is 18.2 Å². The number of hydrogen-bond donors (Lipinski definition) is 1. The van der Waals surface area contributed by atoms with Crippen molar-refractivity contribution in [3.63, 3.8) is 0 Å². The van der Waals surface area contributed by atoms with Crippen molar-refractivity contribution in [2.75, 3.05) is 6.54 Å². The van der Waals surface area contributed by atoms with Crippen molar-refractivity contribution in [2.45, 2.75) is 13.0 Å². The lowest BCUT2D eigenvalue weighted by molar-refractivity contribution is 0.0944. The minimum Gasteiger partial charge on any atom is -0.471 e. The standard InChI is InChI=1S/C14H13N3O2/c18-14-11-4-5-13(17-12(11)6-8-16-14)19-9-10-3-1-2-7-15-10/h1-5,7H,6,8-9H2,(H,16,18). The van der Waals surface area contributed by atoms with Crippen molar-refractivity contribution >= 4 is 5.91 Å². The Labute approximate surface area is 110 Å². The van der Waals surface area contributed by atoms with Crippen LogP contribution >= 0.6 is 0 Å². The third-order valence-corrected chi connectivity index (χ3v) is 2.93. The molecular formula is C14H13N3O2. The van der Waals surface area contributed by atoms with Gasteiger partial charge < -0.3 is 10.1 Å². The van der Waals surface area contributed by atoms with Gasteiger partial charge in [-0.15, -0.1) is 0 Å². The molecule has 0 saturated carbocycles. The molecule has 0 radical (unpaired) electrons. The molecule has 1 aliphatic rings. The predicted molar refractivity (Wildman–Crippen MR) is 68.8 cm³/mol. The lowest BCUT2D eigenvalue weighted by Gasteiger charge is -2.16. The molecule has 1 aliphatic heterocycles. The Morgan fingerprint density at radius 3 is 3.05 bits per heavy atom. The molecule has 0 atom stereocenters. The van der Waals surface area contributed by atoms with Crippen LogP contribution in [0.25, 0.3) is 0 Å². The number of carbonyl (C=O) groups excluding carboxylic acids is 1. The van der Waals surface area contributed by atoms with Crippen LogP contribution < -0.4 is 10.1 Å². The molecule has 5 nitrogen and oxygen atoms in total. The number of rotatable bonds is 3. The van der Waals surface area contributed by atoms with Gasteiger partial charge in [-0.1, -0.05) is 6.07 Å². The topological polar surface area (TPSA) is 64.1 Å². The summed E-state index contributed by atoms with van der Waals surface area (Å²) in [5.74, 6) is 0.462. The van der Waals surface area contributed by atoms with Crippen molar-refractivity contribution in [1.82, 2.24) is 15.3 Å². The van der Waals surface area contributed by atoms with Gasteiger partial charge in [0.1, 0.15) is 6.61 Å². The normalized spacial score (nSPS) is 13.6. The number of carbonyl (C=O) groups is 1. The van der Waals surface area contributed by atoms with Crippen LogP contribution in [0.15, 0.2) is 36.5 Å². The van der Waals surface area contributed by atoms with Gasteiger partial charge in [0.05, 0.1) is 17.0 Å². The van der Waals surface area contributed by atoms with Crippen molar-refractivity contribution < 1.29 is 9.53 Å². The lowest BCUT2D eigenvalue weighted by atomic mass is 10.1. The zero-order chi connectivity index (χ0) is 13.1. The van der Waals surface area contributed by atoms with E-state index in [0.717, 1.165) is 17.8 Å². The average molecular weight is 255 g/mol. The predicted octanol–water partition coefficient (Wildman–Crippen LogP) is 1.34. The van der Waals surface area contributed by atoms with E-state index in [0.29, 0.717) is 24.6 Å². The van der Waals surface area contributed by atoms with Crippen molar-refractivity contribution in [2.24, 2.45) is 0 Å². The van der Waals surface area contributed by atoms with E-state index in [2.05, 4.69) is 15.3 Å². The summed E-state index contributed by atoms with van der Waals surface area (Å²) >= 11 is 0. The molecule has 19 heavy (non-hydrogen) atoms. The lowest BCUT2D eigenvalue weighted by Crippen LogP contribution is -2.32. The molecule has 0 aliphatic carbocycles. The number of amides is 1. The number of pyridine rings is 2. The summed E-state index contributed by atoms with van der Waals surface area (Å²) in [5, 5.41) is 2.79. The SMILES string of the molecule is O=C1NCCc2nc(OCc3ccccn3)ccc21. The van der Waals surface area contributed by atoms with Crippen LogP contribution in [-0.2, 0) is 13.0 Å². The molecule has 5 heteroatoms. The fourth-order valence-electron chi connectivity index (χ4n) is 1.98. The van der Waals surface area contributed by atoms with Gasteiger partial charge in [-0.05, 0) is 18.2 Å².